The summed E-state index contributed by atoms with van der Waals surface area (Å²) in [6.45, 7) is 4.05. The molecule has 4 rings (SSSR count). The van der Waals surface area contributed by atoms with Crippen molar-refractivity contribution in [3.05, 3.63) is 82.7 Å². The largest absolute Gasteiger partial charge is 0.322 e. The number of thiophene rings is 1. The Morgan fingerprint density at radius 3 is 2.46 bits per heavy atom. The number of nitrogens with zero attached hydrogens (tertiary/aromatic N) is 1. The van der Waals surface area contributed by atoms with Crippen LogP contribution in [-0.4, -0.2) is 10.9 Å². The standard InChI is InChI=1S/C22H18N2OS/c1-14-5-8-16(9-6-14)23-22(25)18-13-20(21-4-3-11-26-21)24-19-10-7-15(2)12-17(18)19/h3-13H,1-2H3,(H,23,25). The van der Waals surface area contributed by atoms with Crippen molar-refractivity contribution >= 4 is 33.8 Å². The van der Waals surface area contributed by atoms with Crippen LogP contribution in [0, 0.1) is 13.8 Å². The van der Waals surface area contributed by atoms with Crippen LogP contribution in [0.15, 0.2) is 66.0 Å². The molecule has 0 saturated carbocycles. The SMILES string of the molecule is Cc1ccc(NC(=O)c2cc(-c3cccs3)nc3ccc(C)cc23)cc1. The molecule has 3 nitrogen and oxygen atoms in total. The van der Waals surface area contributed by atoms with Crippen molar-refractivity contribution in [2.45, 2.75) is 13.8 Å². The Kier molecular flexibility index (Phi) is 4.27. The molecule has 0 atom stereocenters. The molecule has 26 heavy (non-hydrogen) atoms. The highest BCUT2D eigenvalue weighted by molar-refractivity contribution is 7.13. The second-order valence-corrected chi connectivity index (χ2v) is 7.32. The number of nitrogens with one attached hydrogen (secondary N) is 1. The Labute approximate surface area is 156 Å². The Morgan fingerprint density at radius 2 is 1.73 bits per heavy atom. The maximum absolute atomic E-state index is 13.0. The smallest absolute Gasteiger partial charge is 0.256 e. The molecule has 0 unspecified atom stereocenters. The zero-order chi connectivity index (χ0) is 18.1. The van der Waals surface area contributed by atoms with Crippen molar-refractivity contribution in [2.24, 2.45) is 0 Å². The first-order valence-electron chi connectivity index (χ1n) is 8.43. The number of carbonyl (C=O) groups excluding carboxylic acids is 1. The van der Waals surface area contributed by atoms with Crippen LogP contribution < -0.4 is 5.32 Å². The van der Waals surface area contributed by atoms with E-state index in [4.69, 9.17) is 4.98 Å². The van der Waals surface area contributed by atoms with Crippen LogP contribution in [0.5, 0.6) is 0 Å². The molecule has 0 aliphatic rings. The van der Waals surface area contributed by atoms with Crippen molar-refractivity contribution in [2.75, 3.05) is 5.32 Å². The topological polar surface area (TPSA) is 42.0 Å². The highest BCUT2D eigenvalue weighted by atomic mass is 32.1. The van der Waals surface area contributed by atoms with Crippen LogP contribution in [0.1, 0.15) is 21.5 Å². The molecular weight excluding hydrogens is 340 g/mol. The van der Waals surface area contributed by atoms with Crippen LogP contribution in [0.2, 0.25) is 0 Å². The molecule has 0 spiro atoms. The molecule has 2 aromatic heterocycles. The van der Waals surface area contributed by atoms with Gasteiger partial charge in [-0.2, -0.15) is 0 Å². The average Bonchev–Trinajstić information content (AvgIpc) is 3.17. The Morgan fingerprint density at radius 1 is 0.962 bits per heavy atom. The third-order valence-electron chi connectivity index (χ3n) is 4.29. The maximum atomic E-state index is 13.0. The maximum Gasteiger partial charge on any atom is 0.256 e. The van der Waals surface area contributed by atoms with Gasteiger partial charge in [-0.3, -0.25) is 4.79 Å². The van der Waals surface area contributed by atoms with E-state index in [9.17, 15) is 4.79 Å². The van der Waals surface area contributed by atoms with E-state index >= 15 is 0 Å². The summed E-state index contributed by atoms with van der Waals surface area (Å²) in [5.41, 5.74) is 5.35. The van der Waals surface area contributed by atoms with E-state index in [2.05, 4.69) is 5.32 Å². The fraction of sp³-hybridized carbons (Fsp3) is 0.0909. The number of carbonyl (C=O) groups is 1. The van der Waals surface area contributed by atoms with Gasteiger partial charge in [-0.15, -0.1) is 11.3 Å². The third-order valence-corrected chi connectivity index (χ3v) is 5.18. The molecule has 2 aromatic carbocycles. The minimum atomic E-state index is -0.121. The van der Waals surface area contributed by atoms with Gasteiger partial charge >= 0.3 is 0 Å². The number of hydrogen-bond acceptors (Lipinski definition) is 3. The molecule has 0 aliphatic heterocycles. The third kappa shape index (κ3) is 3.24. The van der Waals surface area contributed by atoms with Crippen LogP contribution in [0.3, 0.4) is 0 Å². The normalized spacial score (nSPS) is 10.8. The molecule has 0 aliphatic carbocycles. The number of benzene rings is 2. The molecule has 0 saturated heterocycles. The monoisotopic (exact) mass is 358 g/mol. The molecule has 128 valence electrons. The highest BCUT2D eigenvalue weighted by Crippen LogP contribution is 2.29. The Hall–Kier alpha value is -2.98. The molecule has 2 heterocycles. The summed E-state index contributed by atoms with van der Waals surface area (Å²) in [4.78, 5) is 18.8. The minimum absolute atomic E-state index is 0.121. The van der Waals surface area contributed by atoms with Gasteiger partial charge in [-0.25, -0.2) is 4.98 Å². The molecule has 0 radical (unpaired) electrons. The second kappa shape index (κ2) is 6.73. The zero-order valence-corrected chi connectivity index (χ0v) is 15.4. The van der Waals surface area contributed by atoms with E-state index in [1.54, 1.807) is 11.3 Å². The van der Waals surface area contributed by atoms with E-state index in [1.807, 2.05) is 79.9 Å². The predicted octanol–water partition coefficient (Wildman–Crippen LogP) is 5.83. The molecule has 0 fully saturated rings. The van der Waals surface area contributed by atoms with E-state index in [-0.39, 0.29) is 5.91 Å². The number of hydrogen-bond donors (Lipinski definition) is 1. The molecule has 0 bridgehead atoms. The first kappa shape index (κ1) is 16.5. The summed E-state index contributed by atoms with van der Waals surface area (Å²) < 4.78 is 0. The number of anilines is 1. The lowest BCUT2D eigenvalue weighted by Gasteiger charge is -2.11. The lowest BCUT2D eigenvalue weighted by molar-refractivity contribution is 0.102. The molecule has 1 N–H and O–H groups in total. The van der Waals surface area contributed by atoms with Crippen molar-refractivity contribution in [3.63, 3.8) is 0 Å². The minimum Gasteiger partial charge on any atom is -0.322 e. The van der Waals surface area contributed by atoms with Crippen molar-refractivity contribution < 1.29 is 4.79 Å². The van der Waals surface area contributed by atoms with Gasteiger partial charge in [0.15, 0.2) is 0 Å². The van der Waals surface area contributed by atoms with Crippen LogP contribution >= 0.6 is 11.3 Å². The fourth-order valence-electron chi connectivity index (χ4n) is 2.91. The quantitative estimate of drug-likeness (QED) is 0.500. The van der Waals surface area contributed by atoms with E-state index in [1.165, 1.54) is 0 Å². The molecular formula is C22H18N2OS. The Balaban J connectivity index is 1.82. The zero-order valence-electron chi connectivity index (χ0n) is 14.6. The van der Waals surface area contributed by atoms with Gasteiger partial charge in [0.05, 0.1) is 21.7 Å². The summed E-state index contributed by atoms with van der Waals surface area (Å²) in [6.07, 6.45) is 0. The molecule has 1 amide bonds. The number of pyridine rings is 1. The van der Waals surface area contributed by atoms with Crippen molar-refractivity contribution in [1.82, 2.24) is 4.98 Å². The van der Waals surface area contributed by atoms with Crippen molar-refractivity contribution in [1.29, 1.82) is 0 Å². The number of aryl methyl sites for hydroxylation is 2. The number of amides is 1. The lowest BCUT2D eigenvalue weighted by Crippen LogP contribution is -2.13. The predicted molar refractivity (Wildman–Crippen MR) is 109 cm³/mol. The summed E-state index contributed by atoms with van der Waals surface area (Å²) in [5, 5.41) is 5.89. The van der Waals surface area contributed by atoms with Gasteiger partial charge in [0.25, 0.3) is 5.91 Å². The fourth-order valence-corrected chi connectivity index (χ4v) is 3.60. The van der Waals surface area contributed by atoms with E-state index in [0.29, 0.717) is 5.56 Å². The first-order valence-corrected chi connectivity index (χ1v) is 9.31. The Bertz CT molecular complexity index is 1080. The average molecular weight is 358 g/mol. The van der Waals surface area contributed by atoms with Crippen molar-refractivity contribution in [3.8, 4) is 10.6 Å². The molecule has 4 aromatic rings. The number of fused-ring (bicyclic) bond motifs is 1. The van der Waals surface area contributed by atoms with Gasteiger partial charge in [-0.1, -0.05) is 35.4 Å². The number of aromatic nitrogens is 1. The summed E-state index contributed by atoms with van der Waals surface area (Å²) >= 11 is 1.62. The van der Waals surface area contributed by atoms with Crippen LogP contribution in [0.25, 0.3) is 21.5 Å². The van der Waals surface area contributed by atoms with Gasteiger partial charge < -0.3 is 5.32 Å². The summed E-state index contributed by atoms with van der Waals surface area (Å²) in [7, 11) is 0. The van der Waals surface area contributed by atoms with Gasteiger partial charge in [-0.05, 0) is 55.6 Å². The van der Waals surface area contributed by atoms with Crippen LogP contribution in [0.4, 0.5) is 5.69 Å². The first-order chi connectivity index (χ1) is 12.6. The lowest BCUT2D eigenvalue weighted by atomic mass is 10.0. The van der Waals surface area contributed by atoms with Gasteiger partial charge in [0.2, 0.25) is 0 Å². The van der Waals surface area contributed by atoms with Gasteiger partial charge in [0.1, 0.15) is 0 Å². The summed E-state index contributed by atoms with van der Waals surface area (Å²) in [5.74, 6) is -0.121. The number of rotatable bonds is 3. The summed E-state index contributed by atoms with van der Waals surface area (Å²) in [6, 6.07) is 19.7. The molecule has 4 heteroatoms. The van der Waals surface area contributed by atoms with E-state index < -0.39 is 0 Å². The highest BCUT2D eigenvalue weighted by Gasteiger charge is 2.15. The van der Waals surface area contributed by atoms with Gasteiger partial charge in [0, 0.05) is 11.1 Å². The van der Waals surface area contributed by atoms with Crippen LogP contribution in [-0.2, 0) is 0 Å². The second-order valence-electron chi connectivity index (χ2n) is 6.37. The van der Waals surface area contributed by atoms with E-state index in [0.717, 1.165) is 38.3 Å².